The van der Waals surface area contributed by atoms with Gasteiger partial charge in [-0.05, 0) is 56.5 Å². The van der Waals surface area contributed by atoms with Crippen molar-refractivity contribution < 1.29 is 26.5 Å². The summed E-state index contributed by atoms with van der Waals surface area (Å²) < 4.78 is 39.8. The van der Waals surface area contributed by atoms with Gasteiger partial charge in [0.2, 0.25) is 0 Å². The molecular formula is C20H25NO6S. The quantitative estimate of drug-likeness (QED) is 0.625. The lowest BCUT2D eigenvalue weighted by Gasteiger charge is -2.25. The molecule has 2 aromatic rings. The molecule has 0 radical (unpaired) electrons. The van der Waals surface area contributed by atoms with Gasteiger partial charge < -0.3 is 18.2 Å². The van der Waals surface area contributed by atoms with Crippen LogP contribution in [0.15, 0.2) is 47.1 Å². The third-order valence-electron chi connectivity index (χ3n) is 4.55. The monoisotopic (exact) mass is 407 g/mol. The molecule has 0 aliphatic carbocycles. The zero-order valence-electron chi connectivity index (χ0n) is 16.0. The van der Waals surface area contributed by atoms with Gasteiger partial charge in [-0.15, -0.1) is 0 Å². The summed E-state index contributed by atoms with van der Waals surface area (Å²) in [5.74, 6) is 0.324. The minimum Gasteiger partial charge on any atom is -0.459 e. The first kappa shape index (κ1) is 20.4. The van der Waals surface area contributed by atoms with Crippen LogP contribution in [0, 0.1) is 0 Å². The van der Waals surface area contributed by atoms with Crippen LogP contribution >= 0.6 is 0 Å². The van der Waals surface area contributed by atoms with Gasteiger partial charge in [-0.1, -0.05) is 12.1 Å². The van der Waals surface area contributed by atoms with Crippen LogP contribution in [0.5, 0.6) is 5.75 Å². The van der Waals surface area contributed by atoms with Crippen LogP contribution in [-0.4, -0.2) is 43.7 Å². The highest BCUT2D eigenvalue weighted by molar-refractivity contribution is 7.87. The molecule has 1 saturated heterocycles. The Morgan fingerprint density at radius 3 is 2.57 bits per heavy atom. The minimum atomic E-state index is -3.64. The summed E-state index contributed by atoms with van der Waals surface area (Å²) in [6, 6.07) is 10.0. The summed E-state index contributed by atoms with van der Waals surface area (Å²) in [4.78, 5) is 14.5. The molecule has 1 unspecified atom stereocenters. The van der Waals surface area contributed by atoms with E-state index in [1.165, 1.54) is 6.26 Å². The smallest absolute Gasteiger partial charge is 0.311 e. The highest BCUT2D eigenvalue weighted by Gasteiger charge is 2.25. The molecule has 8 heteroatoms. The van der Waals surface area contributed by atoms with Gasteiger partial charge in [0.1, 0.15) is 5.75 Å². The fraction of sp³-hybridized carbons (Fsp3) is 0.450. The van der Waals surface area contributed by atoms with Crippen molar-refractivity contribution in [1.82, 2.24) is 4.90 Å². The lowest BCUT2D eigenvalue weighted by atomic mass is 10.1. The first-order chi connectivity index (χ1) is 13.3. The lowest BCUT2D eigenvalue weighted by Crippen LogP contribution is -2.36. The second kappa shape index (κ2) is 8.79. The van der Waals surface area contributed by atoms with Crippen LogP contribution in [0.1, 0.15) is 42.8 Å². The molecule has 0 N–H and O–H groups in total. The van der Waals surface area contributed by atoms with E-state index in [0.717, 1.165) is 18.4 Å². The summed E-state index contributed by atoms with van der Waals surface area (Å²) in [6.45, 7) is 4.67. The van der Waals surface area contributed by atoms with Crippen LogP contribution in [0.4, 0.5) is 0 Å². The van der Waals surface area contributed by atoms with Crippen molar-refractivity contribution in [3.05, 3.63) is 54.0 Å². The van der Waals surface area contributed by atoms with Crippen molar-refractivity contribution in [2.24, 2.45) is 0 Å². The molecule has 28 heavy (non-hydrogen) atoms. The number of furan rings is 1. The Balaban J connectivity index is 1.71. The number of carbonyl (C=O) groups excluding carboxylic acids is 1. The Hall–Kier alpha value is -2.32. The molecule has 1 fully saturated rings. The van der Waals surface area contributed by atoms with Crippen molar-refractivity contribution in [3.8, 4) is 5.75 Å². The largest absolute Gasteiger partial charge is 0.459 e. The normalized spacial score (nSPS) is 17.0. The molecule has 1 aliphatic heterocycles. The molecule has 0 spiro atoms. The second-order valence-corrected chi connectivity index (χ2v) is 9.16. The van der Waals surface area contributed by atoms with Crippen LogP contribution < -0.4 is 4.18 Å². The van der Waals surface area contributed by atoms with Crippen molar-refractivity contribution in [3.63, 3.8) is 0 Å². The number of rotatable bonds is 8. The number of amides is 1. The summed E-state index contributed by atoms with van der Waals surface area (Å²) in [6.07, 6.45) is 3.39. The summed E-state index contributed by atoms with van der Waals surface area (Å²) in [5.41, 5.74) is 0.854. The van der Waals surface area contributed by atoms with E-state index in [0.29, 0.717) is 19.7 Å². The lowest BCUT2D eigenvalue weighted by molar-refractivity contribution is 0.0484. The van der Waals surface area contributed by atoms with Gasteiger partial charge in [0, 0.05) is 19.7 Å². The Labute approximate surface area is 165 Å². The number of hydrogen-bond donors (Lipinski definition) is 0. The highest BCUT2D eigenvalue weighted by Crippen LogP contribution is 2.20. The zero-order chi connectivity index (χ0) is 20.1. The van der Waals surface area contributed by atoms with Crippen molar-refractivity contribution >= 4 is 16.0 Å². The fourth-order valence-corrected chi connectivity index (χ4v) is 3.48. The van der Waals surface area contributed by atoms with Gasteiger partial charge in [-0.25, -0.2) is 0 Å². The molecule has 0 saturated carbocycles. The van der Waals surface area contributed by atoms with Gasteiger partial charge in [0.15, 0.2) is 5.76 Å². The van der Waals surface area contributed by atoms with E-state index in [1.807, 2.05) is 0 Å². The summed E-state index contributed by atoms with van der Waals surface area (Å²) >= 11 is 0. The summed E-state index contributed by atoms with van der Waals surface area (Å²) in [5, 5.41) is -0.625. The van der Waals surface area contributed by atoms with Crippen molar-refractivity contribution in [1.29, 1.82) is 0 Å². The fourth-order valence-electron chi connectivity index (χ4n) is 2.91. The average Bonchev–Trinajstić information content (AvgIpc) is 3.35. The van der Waals surface area contributed by atoms with E-state index in [4.69, 9.17) is 13.3 Å². The molecule has 0 bridgehead atoms. The third kappa shape index (κ3) is 5.14. The third-order valence-corrected chi connectivity index (χ3v) is 6.13. The Morgan fingerprint density at radius 2 is 2.00 bits per heavy atom. The molecule has 1 aromatic carbocycles. The van der Waals surface area contributed by atoms with Crippen LogP contribution in [0.2, 0.25) is 0 Å². The Bertz CT molecular complexity index is 868. The second-order valence-electron chi connectivity index (χ2n) is 7.07. The molecule has 152 valence electrons. The standard InChI is InChI=1S/C20H25NO6S/c1-15(2)28(23,24)27-17-9-7-16(8-10-17)13-21(14-18-5-3-11-25-18)20(22)19-6-4-12-26-19/h4,6-10,12,15,18H,3,5,11,13-14H2,1-2H3. The predicted octanol–water partition coefficient (Wildman–Crippen LogP) is 3.22. The molecule has 1 aromatic heterocycles. The van der Waals surface area contributed by atoms with Gasteiger partial charge in [-0.3, -0.25) is 4.79 Å². The van der Waals surface area contributed by atoms with E-state index in [-0.39, 0.29) is 23.5 Å². The Morgan fingerprint density at radius 1 is 1.25 bits per heavy atom. The van der Waals surface area contributed by atoms with Crippen LogP contribution in [0.25, 0.3) is 0 Å². The molecule has 1 aliphatic rings. The van der Waals surface area contributed by atoms with Gasteiger partial charge in [0.05, 0.1) is 17.6 Å². The zero-order valence-corrected chi connectivity index (χ0v) is 16.9. The molecular weight excluding hydrogens is 382 g/mol. The van der Waals surface area contributed by atoms with E-state index in [2.05, 4.69) is 0 Å². The molecule has 7 nitrogen and oxygen atoms in total. The van der Waals surface area contributed by atoms with E-state index >= 15 is 0 Å². The predicted molar refractivity (Wildman–Crippen MR) is 104 cm³/mol. The molecule has 1 atom stereocenters. The van der Waals surface area contributed by atoms with E-state index < -0.39 is 15.4 Å². The SMILES string of the molecule is CC(C)S(=O)(=O)Oc1ccc(CN(CC2CCCO2)C(=O)c2ccco2)cc1. The maximum Gasteiger partial charge on any atom is 0.311 e. The molecule has 3 rings (SSSR count). The average molecular weight is 407 g/mol. The first-order valence-corrected chi connectivity index (χ1v) is 10.8. The maximum absolute atomic E-state index is 12.8. The number of hydrogen-bond acceptors (Lipinski definition) is 6. The highest BCUT2D eigenvalue weighted by atomic mass is 32.2. The summed E-state index contributed by atoms with van der Waals surface area (Å²) in [7, 11) is -3.64. The maximum atomic E-state index is 12.8. The number of ether oxygens (including phenoxy) is 1. The topological polar surface area (TPSA) is 86.0 Å². The van der Waals surface area contributed by atoms with Crippen LogP contribution in [-0.2, 0) is 21.4 Å². The minimum absolute atomic E-state index is 0.0118. The van der Waals surface area contributed by atoms with Crippen molar-refractivity contribution in [2.45, 2.75) is 44.6 Å². The van der Waals surface area contributed by atoms with E-state index in [1.54, 1.807) is 55.1 Å². The van der Waals surface area contributed by atoms with Crippen LogP contribution in [0.3, 0.4) is 0 Å². The van der Waals surface area contributed by atoms with Gasteiger partial charge in [0.25, 0.3) is 5.91 Å². The van der Waals surface area contributed by atoms with Gasteiger partial charge >= 0.3 is 10.1 Å². The first-order valence-electron chi connectivity index (χ1n) is 9.32. The van der Waals surface area contributed by atoms with Crippen molar-refractivity contribution in [2.75, 3.05) is 13.2 Å². The number of nitrogens with zero attached hydrogens (tertiary/aromatic N) is 1. The van der Waals surface area contributed by atoms with Gasteiger partial charge in [-0.2, -0.15) is 8.42 Å². The molecule has 1 amide bonds. The Kier molecular flexibility index (Phi) is 6.41. The number of carbonyl (C=O) groups is 1. The number of benzene rings is 1. The van der Waals surface area contributed by atoms with E-state index in [9.17, 15) is 13.2 Å². The molecule has 2 heterocycles.